The van der Waals surface area contributed by atoms with Gasteiger partial charge in [0, 0.05) is 29.1 Å². The number of aryl methyl sites for hydroxylation is 2. The Morgan fingerprint density at radius 2 is 0.923 bits per heavy atom. The molecule has 1 unspecified atom stereocenters. The lowest BCUT2D eigenvalue weighted by atomic mass is 9.70. The highest BCUT2D eigenvalue weighted by molar-refractivity contribution is 5.97. The normalized spacial score (nSPS) is 14.9. The molecule has 0 saturated carbocycles. The molecule has 2 aliphatic carbocycles. The number of hydrogen-bond acceptors (Lipinski definition) is 4. The van der Waals surface area contributed by atoms with Gasteiger partial charge >= 0.3 is 0 Å². The summed E-state index contributed by atoms with van der Waals surface area (Å²) in [6.45, 7) is 6.24. The van der Waals surface area contributed by atoms with Gasteiger partial charge in [0.05, 0.1) is 5.41 Å². The molecule has 4 nitrogen and oxygen atoms in total. The van der Waals surface area contributed by atoms with E-state index in [9.17, 15) is 0 Å². The molecule has 0 fully saturated rings. The highest BCUT2D eigenvalue weighted by Crippen LogP contribution is 2.63. The lowest BCUT2D eigenvalue weighted by molar-refractivity contribution is 0.794. The van der Waals surface area contributed by atoms with Crippen molar-refractivity contribution < 1.29 is 0 Å². The van der Waals surface area contributed by atoms with Crippen molar-refractivity contribution in [2.45, 2.75) is 26.2 Å². The van der Waals surface area contributed by atoms with E-state index in [0.717, 1.165) is 11.1 Å². The highest BCUT2D eigenvalue weighted by atomic mass is 15.0. The van der Waals surface area contributed by atoms with Crippen molar-refractivity contribution in [3.63, 3.8) is 0 Å². The van der Waals surface area contributed by atoms with E-state index in [-0.39, 0.29) is 0 Å². The van der Waals surface area contributed by atoms with Crippen molar-refractivity contribution in [3.05, 3.63) is 191 Å². The molecule has 0 bridgehead atoms. The Morgan fingerprint density at radius 3 is 1.63 bits per heavy atom. The van der Waals surface area contributed by atoms with E-state index < -0.39 is 5.41 Å². The Morgan fingerprint density at radius 1 is 0.385 bits per heavy atom. The predicted molar refractivity (Wildman–Crippen MR) is 210 cm³/mol. The SMILES string of the molecule is Cc1nc(-c2ccccc2)nc(-c2ccc3c(c2)-c2ccccc2C32c3ccccc3-c3cc(-c4cccc(-c5cncc(C)c5C)c4)ccc32)n1. The molecule has 1 spiro atoms. The summed E-state index contributed by atoms with van der Waals surface area (Å²) in [6.07, 6.45) is 3.92. The molecule has 0 saturated heterocycles. The summed E-state index contributed by atoms with van der Waals surface area (Å²) in [5.74, 6) is 2.07. The van der Waals surface area contributed by atoms with Crippen molar-refractivity contribution in [1.82, 2.24) is 19.9 Å². The van der Waals surface area contributed by atoms with E-state index in [4.69, 9.17) is 9.97 Å². The van der Waals surface area contributed by atoms with Crippen LogP contribution in [-0.4, -0.2) is 19.9 Å². The van der Waals surface area contributed by atoms with Gasteiger partial charge in [0.25, 0.3) is 0 Å². The van der Waals surface area contributed by atoms with E-state index >= 15 is 0 Å². The lowest BCUT2D eigenvalue weighted by Crippen LogP contribution is -2.25. The van der Waals surface area contributed by atoms with Crippen molar-refractivity contribution in [2.24, 2.45) is 0 Å². The molecule has 0 aliphatic heterocycles. The summed E-state index contributed by atoms with van der Waals surface area (Å²) in [6, 6.07) is 50.7. The summed E-state index contributed by atoms with van der Waals surface area (Å²) in [5.41, 5.74) is 19.0. The zero-order chi connectivity index (χ0) is 35.0. The number of fused-ring (bicyclic) bond motifs is 10. The van der Waals surface area contributed by atoms with Crippen molar-refractivity contribution >= 4 is 0 Å². The van der Waals surface area contributed by atoms with Gasteiger partial charge in [-0.15, -0.1) is 0 Å². The van der Waals surface area contributed by atoms with Gasteiger partial charge in [0.1, 0.15) is 5.82 Å². The summed E-state index contributed by atoms with van der Waals surface area (Å²) >= 11 is 0. The third-order valence-electron chi connectivity index (χ3n) is 11.1. The molecule has 0 N–H and O–H groups in total. The minimum absolute atomic E-state index is 0.439. The molecule has 8 aromatic rings. The van der Waals surface area contributed by atoms with Crippen LogP contribution in [0.5, 0.6) is 0 Å². The van der Waals surface area contributed by atoms with E-state index in [1.807, 2.05) is 49.6 Å². The van der Waals surface area contributed by atoms with Crippen LogP contribution in [-0.2, 0) is 5.41 Å². The first-order valence-electron chi connectivity index (χ1n) is 17.8. The average Bonchev–Trinajstić information content (AvgIpc) is 3.65. The molecule has 10 rings (SSSR count). The van der Waals surface area contributed by atoms with E-state index in [1.54, 1.807) is 0 Å². The Bertz CT molecular complexity index is 2730. The van der Waals surface area contributed by atoms with Crippen molar-refractivity contribution in [2.75, 3.05) is 0 Å². The number of rotatable bonds is 4. The van der Waals surface area contributed by atoms with Crippen molar-refractivity contribution in [1.29, 1.82) is 0 Å². The minimum atomic E-state index is -0.439. The molecule has 52 heavy (non-hydrogen) atoms. The number of pyridine rings is 1. The Labute approximate surface area is 303 Å². The number of hydrogen-bond donors (Lipinski definition) is 0. The summed E-state index contributed by atoms with van der Waals surface area (Å²) in [7, 11) is 0. The molecule has 2 aromatic heterocycles. The second kappa shape index (κ2) is 11.5. The Hall–Kier alpha value is -6.52. The summed E-state index contributed by atoms with van der Waals surface area (Å²) in [4.78, 5) is 19.0. The molecule has 1 atom stereocenters. The third-order valence-corrected chi connectivity index (χ3v) is 11.1. The topological polar surface area (TPSA) is 51.6 Å². The van der Waals surface area contributed by atoms with Crippen LogP contribution >= 0.6 is 0 Å². The van der Waals surface area contributed by atoms with Crippen LogP contribution in [0.3, 0.4) is 0 Å². The monoisotopic (exact) mass is 666 g/mol. The van der Waals surface area contributed by atoms with Gasteiger partial charge in [-0.05, 0) is 111 Å². The van der Waals surface area contributed by atoms with Gasteiger partial charge in [-0.3, -0.25) is 4.98 Å². The molecule has 2 aliphatic rings. The second-order valence-electron chi connectivity index (χ2n) is 14.0. The second-order valence-corrected chi connectivity index (χ2v) is 14.0. The van der Waals surface area contributed by atoms with Crippen LogP contribution in [0.2, 0.25) is 0 Å². The van der Waals surface area contributed by atoms with Crippen LogP contribution in [0.15, 0.2) is 152 Å². The summed E-state index contributed by atoms with van der Waals surface area (Å²) < 4.78 is 0. The van der Waals surface area contributed by atoms with Gasteiger partial charge in [-0.1, -0.05) is 121 Å². The van der Waals surface area contributed by atoms with Gasteiger partial charge in [0.15, 0.2) is 11.6 Å². The number of nitrogens with zero attached hydrogens (tertiary/aromatic N) is 4. The van der Waals surface area contributed by atoms with Gasteiger partial charge in [-0.2, -0.15) is 0 Å². The van der Waals surface area contributed by atoms with E-state index in [1.165, 1.54) is 77.9 Å². The summed E-state index contributed by atoms with van der Waals surface area (Å²) in [5, 5.41) is 0. The van der Waals surface area contributed by atoms with Gasteiger partial charge in [0.2, 0.25) is 0 Å². The standard InChI is InChI=1S/C48H34N4/c1-29-27-49-28-41(30(29)2)35-15-11-14-33(24-35)34-20-22-44-39(25-34)37-16-7-9-18-42(37)48(44)43-19-10-8-17-38(43)40-26-36(21-23-45(40)48)47-51-31(3)50-46(52-47)32-12-5-4-6-13-32/h4-28H,1-3H3. The van der Waals surface area contributed by atoms with Crippen LogP contribution in [0.1, 0.15) is 39.2 Å². The van der Waals surface area contributed by atoms with Crippen LogP contribution in [0, 0.1) is 20.8 Å². The average molecular weight is 667 g/mol. The third kappa shape index (κ3) is 4.40. The maximum atomic E-state index is 4.96. The van der Waals surface area contributed by atoms with Crippen LogP contribution in [0.25, 0.3) is 67.3 Å². The highest BCUT2D eigenvalue weighted by Gasteiger charge is 2.51. The molecular formula is C48H34N4. The zero-order valence-corrected chi connectivity index (χ0v) is 29.2. The van der Waals surface area contributed by atoms with Crippen LogP contribution < -0.4 is 0 Å². The minimum Gasteiger partial charge on any atom is -0.264 e. The lowest BCUT2D eigenvalue weighted by Gasteiger charge is -2.30. The van der Waals surface area contributed by atoms with E-state index in [2.05, 4.69) is 133 Å². The first-order valence-corrected chi connectivity index (χ1v) is 17.8. The maximum Gasteiger partial charge on any atom is 0.163 e. The van der Waals surface area contributed by atoms with Gasteiger partial charge < -0.3 is 0 Å². The molecule has 4 heteroatoms. The fourth-order valence-corrected chi connectivity index (χ4v) is 8.58. The zero-order valence-electron chi connectivity index (χ0n) is 29.2. The number of benzene rings is 6. The maximum absolute atomic E-state index is 4.96. The predicted octanol–water partition coefficient (Wildman–Crippen LogP) is 11.2. The van der Waals surface area contributed by atoms with Crippen LogP contribution in [0.4, 0.5) is 0 Å². The Balaban J connectivity index is 1.14. The quantitative estimate of drug-likeness (QED) is 0.188. The first kappa shape index (κ1) is 30.3. The fraction of sp³-hybridized carbons (Fsp3) is 0.0833. The molecule has 2 heterocycles. The molecule has 6 aromatic carbocycles. The van der Waals surface area contributed by atoms with Crippen molar-refractivity contribution in [3.8, 4) is 67.3 Å². The largest absolute Gasteiger partial charge is 0.264 e. The fourth-order valence-electron chi connectivity index (χ4n) is 8.58. The molecule has 0 amide bonds. The molecular weight excluding hydrogens is 633 g/mol. The van der Waals surface area contributed by atoms with E-state index in [0.29, 0.717) is 17.5 Å². The smallest absolute Gasteiger partial charge is 0.163 e. The van der Waals surface area contributed by atoms with Gasteiger partial charge in [-0.25, -0.2) is 15.0 Å². The Kier molecular flexibility index (Phi) is 6.71. The molecule has 246 valence electrons. The number of aromatic nitrogens is 4. The molecule has 0 radical (unpaired) electrons. The first-order chi connectivity index (χ1) is 25.5.